The van der Waals surface area contributed by atoms with E-state index >= 15 is 0 Å². The van der Waals surface area contributed by atoms with Crippen LogP contribution in [0.25, 0.3) is 0 Å². The molecule has 1 aliphatic rings. The summed E-state index contributed by atoms with van der Waals surface area (Å²) in [5, 5.41) is 3.05. The van der Waals surface area contributed by atoms with Gasteiger partial charge < -0.3 is 9.73 Å². The highest BCUT2D eigenvalue weighted by Crippen LogP contribution is 2.25. The standard InChI is InChI=1S/C16H19BrN2O2S/c17-15-7-6-14(22-15)16(20)18-11-12(13-5-4-10-21-13)19-8-2-1-3-9-19/h4-7,10,12H,1-3,8-9,11H2,(H,18,20)/t12-/m0/s1. The average molecular weight is 383 g/mol. The molecule has 0 bridgehead atoms. The SMILES string of the molecule is O=C(NC[C@@H](c1ccco1)N1CCCCC1)c1ccc(Br)s1. The fraction of sp³-hybridized carbons (Fsp3) is 0.438. The third kappa shape index (κ3) is 3.80. The second-order valence-electron chi connectivity index (χ2n) is 5.44. The summed E-state index contributed by atoms with van der Waals surface area (Å²) >= 11 is 4.84. The second-order valence-corrected chi connectivity index (χ2v) is 7.90. The van der Waals surface area contributed by atoms with Crippen molar-refractivity contribution in [1.82, 2.24) is 10.2 Å². The van der Waals surface area contributed by atoms with Gasteiger partial charge in [0.15, 0.2) is 0 Å². The van der Waals surface area contributed by atoms with Crippen LogP contribution in [-0.4, -0.2) is 30.4 Å². The Hall–Kier alpha value is -1.11. The molecule has 3 heterocycles. The largest absolute Gasteiger partial charge is 0.468 e. The van der Waals surface area contributed by atoms with Crippen LogP contribution in [-0.2, 0) is 0 Å². The first-order valence-electron chi connectivity index (χ1n) is 7.55. The van der Waals surface area contributed by atoms with Crippen molar-refractivity contribution in [2.75, 3.05) is 19.6 Å². The molecule has 1 saturated heterocycles. The zero-order valence-electron chi connectivity index (χ0n) is 12.3. The van der Waals surface area contributed by atoms with Gasteiger partial charge in [-0.25, -0.2) is 0 Å². The van der Waals surface area contributed by atoms with Gasteiger partial charge in [-0.1, -0.05) is 6.42 Å². The number of carbonyl (C=O) groups excluding carboxylic acids is 1. The number of piperidine rings is 1. The highest BCUT2D eigenvalue weighted by Gasteiger charge is 2.25. The molecule has 0 radical (unpaired) electrons. The molecule has 118 valence electrons. The molecule has 3 rings (SSSR count). The molecule has 0 spiro atoms. The monoisotopic (exact) mass is 382 g/mol. The van der Waals surface area contributed by atoms with Crippen molar-refractivity contribution in [2.45, 2.75) is 25.3 Å². The zero-order valence-corrected chi connectivity index (χ0v) is 14.7. The third-order valence-electron chi connectivity index (χ3n) is 3.96. The van der Waals surface area contributed by atoms with Gasteiger partial charge in [-0.3, -0.25) is 9.69 Å². The molecule has 0 aromatic carbocycles. The van der Waals surface area contributed by atoms with Gasteiger partial charge in [0, 0.05) is 6.54 Å². The Kier molecular flexibility index (Phi) is 5.33. The van der Waals surface area contributed by atoms with Gasteiger partial charge in [-0.05, 0) is 66.1 Å². The van der Waals surface area contributed by atoms with Crippen LogP contribution in [0.2, 0.25) is 0 Å². The van der Waals surface area contributed by atoms with Gasteiger partial charge in [-0.2, -0.15) is 0 Å². The van der Waals surface area contributed by atoms with E-state index in [1.165, 1.54) is 30.6 Å². The quantitative estimate of drug-likeness (QED) is 0.847. The maximum absolute atomic E-state index is 12.2. The minimum absolute atomic E-state index is 0.0238. The number of halogens is 1. The smallest absolute Gasteiger partial charge is 0.261 e. The van der Waals surface area contributed by atoms with E-state index in [4.69, 9.17) is 4.42 Å². The fourth-order valence-corrected chi connectivity index (χ4v) is 4.14. The summed E-state index contributed by atoms with van der Waals surface area (Å²) < 4.78 is 6.56. The Morgan fingerprint density at radius 1 is 1.32 bits per heavy atom. The number of carbonyl (C=O) groups is 1. The molecular weight excluding hydrogens is 364 g/mol. The van der Waals surface area contributed by atoms with E-state index in [1.54, 1.807) is 6.26 Å². The van der Waals surface area contributed by atoms with E-state index in [0.717, 1.165) is 27.5 Å². The van der Waals surface area contributed by atoms with Gasteiger partial charge in [0.25, 0.3) is 5.91 Å². The molecular formula is C16H19BrN2O2S. The molecule has 4 nitrogen and oxygen atoms in total. The minimum Gasteiger partial charge on any atom is -0.468 e. The van der Waals surface area contributed by atoms with E-state index in [1.807, 2.05) is 24.3 Å². The molecule has 2 aromatic heterocycles. The lowest BCUT2D eigenvalue weighted by atomic mass is 10.1. The first kappa shape index (κ1) is 15.8. The highest BCUT2D eigenvalue weighted by molar-refractivity contribution is 9.11. The fourth-order valence-electron chi connectivity index (χ4n) is 2.83. The van der Waals surface area contributed by atoms with Crippen molar-refractivity contribution in [1.29, 1.82) is 0 Å². The first-order chi connectivity index (χ1) is 10.7. The van der Waals surface area contributed by atoms with Crippen molar-refractivity contribution in [3.8, 4) is 0 Å². The van der Waals surface area contributed by atoms with Crippen molar-refractivity contribution in [3.05, 3.63) is 45.0 Å². The molecule has 22 heavy (non-hydrogen) atoms. The summed E-state index contributed by atoms with van der Waals surface area (Å²) in [6.07, 6.45) is 5.41. The number of thiophene rings is 1. The van der Waals surface area contributed by atoms with Gasteiger partial charge in [-0.15, -0.1) is 11.3 Å². The number of hydrogen-bond donors (Lipinski definition) is 1. The third-order valence-corrected chi connectivity index (χ3v) is 5.58. The topological polar surface area (TPSA) is 45.5 Å². The Morgan fingerprint density at radius 3 is 2.77 bits per heavy atom. The van der Waals surface area contributed by atoms with Crippen LogP contribution >= 0.6 is 27.3 Å². The number of nitrogens with zero attached hydrogens (tertiary/aromatic N) is 1. The Labute approximate surface area is 142 Å². The maximum Gasteiger partial charge on any atom is 0.261 e. The van der Waals surface area contributed by atoms with Gasteiger partial charge in [0.2, 0.25) is 0 Å². The number of furan rings is 1. The summed E-state index contributed by atoms with van der Waals surface area (Å²) in [6, 6.07) is 7.75. The van der Waals surface area contributed by atoms with Crippen molar-refractivity contribution < 1.29 is 9.21 Å². The number of likely N-dealkylation sites (tertiary alicyclic amines) is 1. The molecule has 1 aliphatic heterocycles. The summed E-state index contributed by atoms with van der Waals surface area (Å²) in [5.41, 5.74) is 0. The van der Waals surface area contributed by atoms with E-state index in [9.17, 15) is 4.79 Å². The summed E-state index contributed by atoms with van der Waals surface area (Å²) in [4.78, 5) is 15.4. The van der Waals surface area contributed by atoms with Crippen LogP contribution in [0.4, 0.5) is 0 Å². The van der Waals surface area contributed by atoms with Crippen molar-refractivity contribution >= 4 is 33.2 Å². The molecule has 2 aromatic rings. The number of rotatable bonds is 5. The lowest BCUT2D eigenvalue weighted by Gasteiger charge is -2.33. The second kappa shape index (κ2) is 7.44. The molecule has 0 saturated carbocycles. The van der Waals surface area contributed by atoms with Crippen LogP contribution in [0, 0.1) is 0 Å². The lowest BCUT2D eigenvalue weighted by Crippen LogP contribution is -2.40. The zero-order chi connectivity index (χ0) is 15.4. The Morgan fingerprint density at radius 2 is 2.14 bits per heavy atom. The van der Waals surface area contributed by atoms with Crippen LogP contribution in [0.5, 0.6) is 0 Å². The average Bonchev–Trinajstić information content (AvgIpc) is 3.20. The number of hydrogen-bond acceptors (Lipinski definition) is 4. The van der Waals surface area contributed by atoms with Crippen LogP contribution in [0.1, 0.15) is 40.7 Å². The van der Waals surface area contributed by atoms with E-state index in [0.29, 0.717) is 6.54 Å². The van der Waals surface area contributed by atoms with E-state index in [-0.39, 0.29) is 11.9 Å². The lowest BCUT2D eigenvalue weighted by molar-refractivity contribution is 0.0918. The summed E-state index contributed by atoms with van der Waals surface area (Å²) in [5.74, 6) is 0.902. The molecule has 6 heteroatoms. The normalized spacial score (nSPS) is 17.3. The Balaban J connectivity index is 1.66. The highest BCUT2D eigenvalue weighted by atomic mass is 79.9. The first-order valence-corrected chi connectivity index (χ1v) is 9.16. The molecule has 1 atom stereocenters. The summed E-state index contributed by atoms with van der Waals surface area (Å²) in [6.45, 7) is 2.69. The predicted molar refractivity (Wildman–Crippen MR) is 91.2 cm³/mol. The van der Waals surface area contributed by atoms with Crippen LogP contribution in [0.3, 0.4) is 0 Å². The van der Waals surface area contributed by atoms with Crippen LogP contribution in [0.15, 0.2) is 38.7 Å². The molecule has 0 aliphatic carbocycles. The van der Waals surface area contributed by atoms with Gasteiger partial charge >= 0.3 is 0 Å². The van der Waals surface area contributed by atoms with Crippen molar-refractivity contribution in [3.63, 3.8) is 0 Å². The molecule has 1 N–H and O–H groups in total. The maximum atomic E-state index is 12.2. The number of nitrogens with one attached hydrogen (secondary N) is 1. The molecule has 1 amide bonds. The van der Waals surface area contributed by atoms with Crippen molar-refractivity contribution in [2.24, 2.45) is 0 Å². The van der Waals surface area contributed by atoms with Gasteiger partial charge in [0.05, 0.1) is 21.0 Å². The van der Waals surface area contributed by atoms with Crippen LogP contribution < -0.4 is 5.32 Å². The number of amides is 1. The minimum atomic E-state index is -0.0238. The molecule has 1 fully saturated rings. The van der Waals surface area contributed by atoms with E-state index < -0.39 is 0 Å². The predicted octanol–water partition coefficient (Wildman–Crippen LogP) is 4.06. The molecule has 0 unspecified atom stereocenters. The summed E-state index contributed by atoms with van der Waals surface area (Å²) in [7, 11) is 0. The van der Waals surface area contributed by atoms with E-state index in [2.05, 4.69) is 26.1 Å². The Bertz CT molecular complexity index is 605. The van der Waals surface area contributed by atoms with Gasteiger partial charge in [0.1, 0.15) is 5.76 Å².